The third-order valence-corrected chi connectivity index (χ3v) is 1.26. The first kappa shape index (κ1) is 8.39. The van der Waals surface area contributed by atoms with Gasteiger partial charge in [0, 0.05) is 24.2 Å². The highest BCUT2D eigenvalue weighted by Gasteiger charge is 2.33. The Bertz CT molecular complexity index is 208. The normalized spacial score (nSPS) is 18.5. The van der Waals surface area contributed by atoms with Crippen LogP contribution in [0.25, 0.3) is 0 Å². The van der Waals surface area contributed by atoms with Crippen LogP contribution in [0.2, 0.25) is 0 Å². The van der Waals surface area contributed by atoms with E-state index in [2.05, 4.69) is 4.99 Å². The Morgan fingerprint density at radius 1 is 1.55 bits per heavy atom. The smallest absolute Gasteiger partial charge is 0.271 e. The summed E-state index contributed by atoms with van der Waals surface area (Å²) in [5.41, 5.74) is -0.834. The Balaban J connectivity index is 2.80. The number of alkyl halides is 3. The summed E-state index contributed by atoms with van der Waals surface area (Å²) in [6.45, 7) is 0.0567. The monoisotopic (exact) mass is 184 g/mol. The van der Waals surface area contributed by atoms with Crippen LogP contribution < -0.4 is 0 Å². The molecule has 1 aliphatic heterocycles. The number of hydrogen-bond acceptors (Lipinski definition) is 2. The van der Waals surface area contributed by atoms with Gasteiger partial charge >= 0.3 is 6.18 Å². The van der Waals surface area contributed by atoms with Crippen molar-refractivity contribution in [1.82, 2.24) is 4.42 Å². The van der Waals surface area contributed by atoms with Crippen molar-refractivity contribution in [3.63, 3.8) is 0 Å². The minimum atomic E-state index is -4.36. The molecule has 0 atom stereocenters. The van der Waals surface area contributed by atoms with E-state index in [9.17, 15) is 13.2 Å². The van der Waals surface area contributed by atoms with Gasteiger partial charge in [0.1, 0.15) is 6.67 Å². The Morgan fingerprint density at radius 2 is 2.18 bits per heavy atom. The van der Waals surface area contributed by atoms with E-state index >= 15 is 0 Å². The molecule has 6 heteroatoms. The molecule has 0 bridgehead atoms. The average molecular weight is 185 g/mol. The van der Waals surface area contributed by atoms with Crippen molar-refractivity contribution in [2.24, 2.45) is 4.99 Å². The van der Waals surface area contributed by atoms with Gasteiger partial charge in [0.05, 0.1) is 5.57 Å². The lowest BCUT2D eigenvalue weighted by Crippen LogP contribution is -2.20. The summed E-state index contributed by atoms with van der Waals surface area (Å²) in [5, 5.41) is 0. The fraction of sp³-hybridized carbons (Fsp3) is 0.400. The SMILES string of the molecule is FC(F)(F)C1=CN(Cl)CN=C1. The first-order chi connectivity index (χ1) is 5.00. The van der Waals surface area contributed by atoms with Gasteiger partial charge in [-0.2, -0.15) is 13.2 Å². The van der Waals surface area contributed by atoms with Gasteiger partial charge in [-0.15, -0.1) is 0 Å². The Hall–Kier alpha value is -0.710. The van der Waals surface area contributed by atoms with Gasteiger partial charge in [0.25, 0.3) is 0 Å². The molecular weight excluding hydrogens is 181 g/mol. The molecule has 2 nitrogen and oxygen atoms in total. The zero-order valence-electron chi connectivity index (χ0n) is 5.27. The zero-order chi connectivity index (χ0) is 8.48. The zero-order valence-corrected chi connectivity index (χ0v) is 6.02. The summed E-state index contributed by atoms with van der Waals surface area (Å²) in [7, 11) is 0. The van der Waals surface area contributed by atoms with E-state index in [4.69, 9.17) is 11.8 Å². The highest BCUT2D eigenvalue weighted by atomic mass is 35.5. The van der Waals surface area contributed by atoms with Crippen molar-refractivity contribution in [3.8, 4) is 0 Å². The maximum absolute atomic E-state index is 11.9. The van der Waals surface area contributed by atoms with E-state index in [1.54, 1.807) is 0 Å². The largest absolute Gasteiger partial charge is 0.419 e. The summed E-state index contributed by atoms with van der Waals surface area (Å²) < 4.78 is 36.5. The fourth-order valence-electron chi connectivity index (χ4n) is 0.589. The minimum absolute atomic E-state index is 0.0567. The lowest BCUT2D eigenvalue weighted by molar-refractivity contribution is -0.0865. The molecule has 11 heavy (non-hydrogen) atoms. The first-order valence-corrected chi connectivity index (χ1v) is 3.05. The molecule has 1 aliphatic rings. The van der Waals surface area contributed by atoms with Crippen LogP contribution in [0.4, 0.5) is 13.2 Å². The van der Waals surface area contributed by atoms with Crippen LogP contribution in [0.15, 0.2) is 16.8 Å². The summed E-state index contributed by atoms with van der Waals surface area (Å²) in [4.78, 5) is 3.39. The molecule has 0 aromatic heterocycles. The number of hydrogen-bond donors (Lipinski definition) is 0. The predicted molar refractivity (Wildman–Crippen MR) is 35.2 cm³/mol. The Kier molecular flexibility index (Phi) is 2.08. The van der Waals surface area contributed by atoms with E-state index < -0.39 is 11.7 Å². The van der Waals surface area contributed by atoms with Crippen LogP contribution in [0.3, 0.4) is 0 Å². The molecule has 0 aromatic carbocycles. The van der Waals surface area contributed by atoms with E-state index in [-0.39, 0.29) is 6.67 Å². The molecule has 1 rings (SSSR count). The fourth-order valence-corrected chi connectivity index (χ4v) is 0.755. The molecule has 0 unspecified atom stereocenters. The highest BCUT2D eigenvalue weighted by molar-refractivity contribution is 6.14. The van der Waals surface area contributed by atoms with Gasteiger partial charge < -0.3 is 0 Å². The molecule has 0 fully saturated rings. The molecular formula is C5H4ClF3N2. The van der Waals surface area contributed by atoms with Gasteiger partial charge in [-0.25, -0.2) is 0 Å². The molecule has 62 valence electrons. The molecule has 0 saturated heterocycles. The van der Waals surface area contributed by atoms with Crippen LogP contribution in [0.5, 0.6) is 0 Å². The van der Waals surface area contributed by atoms with Gasteiger partial charge in [-0.05, 0) is 0 Å². The molecule has 0 spiro atoms. The van der Waals surface area contributed by atoms with E-state index in [1.165, 1.54) is 0 Å². The molecule has 0 saturated carbocycles. The minimum Gasteiger partial charge on any atom is -0.271 e. The number of allylic oxidation sites excluding steroid dienone is 1. The molecule has 0 aliphatic carbocycles. The topological polar surface area (TPSA) is 15.6 Å². The van der Waals surface area contributed by atoms with Crippen LogP contribution in [-0.4, -0.2) is 23.5 Å². The molecule has 1 heterocycles. The lowest BCUT2D eigenvalue weighted by Gasteiger charge is -2.15. The van der Waals surface area contributed by atoms with Crippen molar-refractivity contribution in [2.75, 3.05) is 6.67 Å². The standard InChI is InChI=1S/C5H4ClF3N2/c6-11-2-4(1-10-3-11)5(7,8)9/h1-2H,3H2. The van der Waals surface area contributed by atoms with Gasteiger partial charge in [0.15, 0.2) is 0 Å². The number of aliphatic imine (C=N–C) groups is 1. The number of nitrogens with zero attached hydrogens (tertiary/aromatic N) is 2. The summed E-state index contributed by atoms with van der Waals surface area (Å²) in [5.74, 6) is 0. The quantitative estimate of drug-likeness (QED) is 0.526. The molecule has 0 radical (unpaired) electrons. The predicted octanol–water partition coefficient (Wildman–Crippen LogP) is 1.93. The van der Waals surface area contributed by atoms with Crippen molar-refractivity contribution in [2.45, 2.75) is 6.18 Å². The van der Waals surface area contributed by atoms with Crippen LogP contribution in [0, 0.1) is 0 Å². The van der Waals surface area contributed by atoms with Gasteiger partial charge in [-0.1, -0.05) is 0 Å². The van der Waals surface area contributed by atoms with Crippen molar-refractivity contribution < 1.29 is 13.2 Å². The lowest BCUT2D eigenvalue weighted by atomic mass is 10.3. The molecule has 0 amide bonds. The Labute approximate surface area is 66.1 Å². The summed E-state index contributed by atoms with van der Waals surface area (Å²) in [6.07, 6.45) is -2.80. The summed E-state index contributed by atoms with van der Waals surface area (Å²) in [6, 6.07) is 0. The van der Waals surface area contributed by atoms with Crippen LogP contribution in [0.1, 0.15) is 0 Å². The van der Waals surface area contributed by atoms with Crippen molar-refractivity contribution in [1.29, 1.82) is 0 Å². The van der Waals surface area contributed by atoms with Crippen LogP contribution in [-0.2, 0) is 0 Å². The second-order valence-electron chi connectivity index (χ2n) is 1.93. The van der Waals surface area contributed by atoms with E-state index in [1.807, 2.05) is 0 Å². The maximum Gasteiger partial charge on any atom is 0.419 e. The third kappa shape index (κ3) is 2.11. The molecule has 0 aromatic rings. The first-order valence-electron chi connectivity index (χ1n) is 2.71. The Morgan fingerprint density at radius 3 is 2.55 bits per heavy atom. The number of rotatable bonds is 0. The van der Waals surface area contributed by atoms with Crippen molar-refractivity contribution in [3.05, 3.63) is 11.8 Å². The average Bonchev–Trinajstić information content (AvgIpc) is 1.86. The number of halogens is 4. The summed E-state index contributed by atoms with van der Waals surface area (Å²) >= 11 is 5.26. The second kappa shape index (κ2) is 2.73. The molecule has 0 N–H and O–H groups in total. The van der Waals surface area contributed by atoms with Gasteiger partial charge in [-0.3, -0.25) is 9.41 Å². The van der Waals surface area contributed by atoms with Crippen LogP contribution >= 0.6 is 11.8 Å². The second-order valence-corrected chi connectivity index (χ2v) is 2.37. The van der Waals surface area contributed by atoms with E-state index in [0.29, 0.717) is 0 Å². The van der Waals surface area contributed by atoms with Gasteiger partial charge in [0.2, 0.25) is 0 Å². The highest BCUT2D eigenvalue weighted by Crippen LogP contribution is 2.26. The maximum atomic E-state index is 11.9. The third-order valence-electron chi connectivity index (χ3n) is 1.05. The van der Waals surface area contributed by atoms with Crippen molar-refractivity contribution >= 4 is 18.0 Å². The van der Waals surface area contributed by atoms with E-state index in [0.717, 1.165) is 16.8 Å².